The molecule has 1 aromatic rings. The van der Waals surface area contributed by atoms with Crippen molar-refractivity contribution in [1.29, 1.82) is 0 Å². The second-order valence-electron chi connectivity index (χ2n) is 5.37. The van der Waals surface area contributed by atoms with Gasteiger partial charge in [-0.25, -0.2) is 8.42 Å². The van der Waals surface area contributed by atoms with Gasteiger partial charge >= 0.3 is 0 Å². The molecule has 0 bridgehead atoms. The normalized spacial score (nSPS) is 11.2. The zero-order chi connectivity index (χ0) is 16.6. The fourth-order valence-corrected chi connectivity index (χ4v) is 2.59. The van der Waals surface area contributed by atoms with Crippen molar-refractivity contribution < 1.29 is 17.9 Å². The first-order valence-electron chi connectivity index (χ1n) is 7.51. The molecular weight excluding hydrogens is 302 g/mol. The number of nitrogens with zero attached hydrogens (tertiary/aromatic N) is 1. The summed E-state index contributed by atoms with van der Waals surface area (Å²) in [6, 6.07) is 6.45. The summed E-state index contributed by atoms with van der Waals surface area (Å²) in [5.74, 6) is 0.684. The predicted molar refractivity (Wildman–Crippen MR) is 86.8 cm³/mol. The Hall–Kier alpha value is -1.56. The number of carbonyl (C=O) groups excluding carboxylic acids is 1. The highest BCUT2D eigenvalue weighted by atomic mass is 32.2. The third-order valence-corrected chi connectivity index (χ3v) is 4.42. The molecule has 0 saturated heterocycles. The summed E-state index contributed by atoms with van der Waals surface area (Å²) in [7, 11) is -1.43. The Morgan fingerprint density at radius 3 is 2.64 bits per heavy atom. The lowest BCUT2D eigenvalue weighted by molar-refractivity contribution is -0.130. The number of carbonyl (C=O) groups is 1. The molecule has 0 heterocycles. The second kappa shape index (κ2) is 8.78. The van der Waals surface area contributed by atoms with Crippen LogP contribution in [-0.4, -0.2) is 45.7 Å². The molecule has 0 aliphatic rings. The van der Waals surface area contributed by atoms with Gasteiger partial charge in [-0.15, -0.1) is 0 Å². The van der Waals surface area contributed by atoms with E-state index < -0.39 is 9.84 Å². The second-order valence-corrected chi connectivity index (χ2v) is 7.38. The Morgan fingerprint density at radius 1 is 1.27 bits per heavy atom. The van der Waals surface area contributed by atoms with Crippen molar-refractivity contribution in [2.24, 2.45) is 0 Å². The van der Waals surface area contributed by atoms with E-state index in [-0.39, 0.29) is 10.8 Å². The largest absolute Gasteiger partial charge is 0.493 e. The quantitative estimate of drug-likeness (QED) is 0.654. The van der Waals surface area contributed by atoms with Crippen LogP contribution in [0, 0.1) is 0 Å². The molecule has 0 spiro atoms. The van der Waals surface area contributed by atoms with Crippen molar-refractivity contribution in [3.05, 3.63) is 24.3 Å². The topological polar surface area (TPSA) is 63.7 Å². The van der Waals surface area contributed by atoms with E-state index in [4.69, 9.17) is 4.74 Å². The zero-order valence-corrected chi connectivity index (χ0v) is 14.4. The number of amides is 1. The molecule has 0 atom stereocenters. The van der Waals surface area contributed by atoms with Gasteiger partial charge in [0.25, 0.3) is 0 Å². The number of unbranched alkanes of at least 4 members (excludes halogenated alkanes) is 1. The van der Waals surface area contributed by atoms with Crippen LogP contribution in [-0.2, 0) is 14.6 Å². The molecule has 124 valence electrons. The van der Waals surface area contributed by atoms with Crippen LogP contribution in [0.5, 0.6) is 5.75 Å². The van der Waals surface area contributed by atoms with Gasteiger partial charge in [0.05, 0.1) is 11.5 Å². The molecule has 1 rings (SSSR count). The SMILES string of the molecule is CCCCC(=O)N(C)CCCOc1cccc(S(C)(=O)=O)c1. The van der Waals surface area contributed by atoms with Crippen molar-refractivity contribution in [2.45, 2.75) is 37.5 Å². The van der Waals surface area contributed by atoms with Gasteiger partial charge < -0.3 is 9.64 Å². The molecule has 1 aromatic carbocycles. The number of benzene rings is 1. The van der Waals surface area contributed by atoms with E-state index in [9.17, 15) is 13.2 Å². The van der Waals surface area contributed by atoms with E-state index >= 15 is 0 Å². The Morgan fingerprint density at radius 2 is 2.00 bits per heavy atom. The standard InChI is InChI=1S/C16H25NO4S/c1-4-5-10-16(18)17(2)11-7-12-21-14-8-6-9-15(13-14)22(3,19)20/h6,8-9,13H,4-5,7,10-12H2,1-3H3. The minimum atomic E-state index is -3.22. The van der Waals surface area contributed by atoms with E-state index in [1.165, 1.54) is 12.3 Å². The molecule has 6 heteroatoms. The third-order valence-electron chi connectivity index (χ3n) is 3.31. The van der Waals surface area contributed by atoms with Crippen LogP contribution in [0.3, 0.4) is 0 Å². The molecule has 0 saturated carbocycles. The van der Waals surface area contributed by atoms with E-state index in [1.54, 1.807) is 30.1 Å². The summed E-state index contributed by atoms with van der Waals surface area (Å²) < 4.78 is 28.5. The van der Waals surface area contributed by atoms with Crippen LogP contribution >= 0.6 is 0 Å². The van der Waals surface area contributed by atoms with Gasteiger partial charge in [-0.05, 0) is 31.0 Å². The minimum absolute atomic E-state index is 0.154. The Balaban J connectivity index is 2.37. The number of ether oxygens (including phenoxy) is 1. The maximum absolute atomic E-state index is 11.7. The fourth-order valence-electron chi connectivity index (χ4n) is 1.93. The van der Waals surface area contributed by atoms with Gasteiger partial charge in [0, 0.05) is 26.3 Å². The Kier molecular flexibility index (Phi) is 7.38. The van der Waals surface area contributed by atoms with Crippen LogP contribution in [0.4, 0.5) is 0 Å². The molecule has 0 radical (unpaired) electrons. The predicted octanol–water partition coefficient (Wildman–Crippen LogP) is 2.51. The molecule has 0 aliphatic heterocycles. The van der Waals surface area contributed by atoms with Crippen molar-refractivity contribution in [3.63, 3.8) is 0 Å². The van der Waals surface area contributed by atoms with Crippen molar-refractivity contribution in [1.82, 2.24) is 4.90 Å². The average molecular weight is 327 g/mol. The van der Waals surface area contributed by atoms with E-state index in [1.807, 2.05) is 0 Å². The number of sulfone groups is 1. The first-order chi connectivity index (χ1) is 10.3. The lowest BCUT2D eigenvalue weighted by atomic mass is 10.2. The van der Waals surface area contributed by atoms with Gasteiger partial charge in [-0.1, -0.05) is 19.4 Å². The molecule has 1 amide bonds. The molecule has 0 fully saturated rings. The van der Waals surface area contributed by atoms with Gasteiger partial charge in [-0.2, -0.15) is 0 Å². The van der Waals surface area contributed by atoms with Crippen LogP contribution in [0.1, 0.15) is 32.6 Å². The first-order valence-corrected chi connectivity index (χ1v) is 9.40. The van der Waals surface area contributed by atoms with Gasteiger partial charge in [0.15, 0.2) is 9.84 Å². The molecule has 5 nitrogen and oxygen atoms in total. The first kappa shape index (κ1) is 18.5. The summed E-state index contributed by atoms with van der Waals surface area (Å²) in [5, 5.41) is 0. The van der Waals surface area contributed by atoms with Crippen LogP contribution in [0.2, 0.25) is 0 Å². The molecule has 0 unspecified atom stereocenters. The highest BCUT2D eigenvalue weighted by Gasteiger charge is 2.09. The number of rotatable bonds is 9. The number of hydrogen-bond donors (Lipinski definition) is 0. The summed E-state index contributed by atoms with van der Waals surface area (Å²) >= 11 is 0. The van der Waals surface area contributed by atoms with E-state index in [2.05, 4.69) is 6.92 Å². The van der Waals surface area contributed by atoms with E-state index in [0.717, 1.165) is 12.8 Å². The van der Waals surface area contributed by atoms with Crippen LogP contribution < -0.4 is 4.74 Å². The highest BCUT2D eigenvalue weighted by molar-refractivity contribution is 7.90. The van der Waals surface area contributed by atoms with E-state index in [0.29, 0.717) is 31.7 Å². The third kappa shape index (κ3) is 6.47. The van der Waals surface area contributed by atoms with Crippen LogP contribution in [0.25, 0.3) is 0 Å². The van der Waals surface area contributed by atoms with Crippen LogP contribution in [0.15, 0.2) is 29.2 Å². The summed E-state index contributed by atoms with van der Waals surface area (Å²) in [4.78, 5) is 13.7. The fraction of sp³-hybridized carbons (Fsp3) is 0.562. The maximum Gasteiger partial charge on any atom is 0.222 e. The lowest BCUT2D eigenvalue weighted by Gasteiger charge is -2.17. The monoisotopic (exact) mass is 327 g/mol. The molecule has 0 aliphatic carbocycles. The molecular formula is C16H25NO4S. The minimum Gasteiger partial charge on any atom is -0.493 e. The van der Waals surface area contributed by atoms with Gasteiger partial charge in [0.2, 0.25) is 5.91 Å². The van der Waals surface area contributed by atoms with Crippen molar-refractivity contribution in [2.75, 3.05) is 26.5 Å². The average Bonchev–Trinajstić information content (AvgIpc) is 2.48. The lowest BCUT2D eigenvalue weighted by Crippen LogP contribution is -2.28. The smallest absolute Gasteiger partial charge is 0.222 e. The van der Waals surface area contributed by atoms with Gasteiger partial charge in [0.1, 0.15) is 5.75 Å². The maximum atomic E-state index is 11.7. The van der Waals surface area contributed by atoms with Gasteiger partial charge in [-0.3, -0.25) is 4.79 Å². The summed E-state index contributed by atoms with van der Waals surface area (Å²) in [6.45, 7) is 3.14. The Bertz CT molecular complexity index is 584. The molecule has 0 N–H and O–H groups in total. The zero-order valence-electron chi connectivity index (χ0n) is 13.5. The van der Waals surface area contributed by atoms with Crippen molar-refractivity contribution in [3.8, 4) is 5.75 Å². The summed E-state index contributed by atoms with van der Waals surface area (Å²) in [6.07, 6.45) is 4.39. The molecule has 0 aromatic heterocycles. The highest BCUT2D eigenvalue weighted by Crippen LogP contribution is 2.17. The van der Waals surface area contributed by atoms with Crippen molar-refractivity contribution >= 4 is 15.7 Å². The Labute approximate surface area is 133 Å². The summed E-state index contributed by atoms with van der Waals surface area (Å²) in [5.41, 5.74) is 0. The molecule has 22 heavy (non-hydrogen) atoms. The number of hydrogen-bond acceptors (Lipinski definition) is 4.